The molecular weight excluding hydrogens is 340 g/mol. The van der Waals surface area contributed by atoms with Crippen molar-refractivity contribution in [3.8, 4) is 0 Å². The molecule has 3 aromatic rings. The van der Waals surface area contributed by atoms with Crippen LogP contribution in [0.4, 0.5) is 5.69 Å². The number of hydrogen-bond acceptors (Lipinski definition) is 3. The molecular formula is C19H17ClN2O3. The second kappa shape index (κ2) is 5.77. The number of fused-ring (bicyclic) bond motifs is 1. The van der Waals surface area contributed by atoms with Crippen LogP contribution in [-0.2, 0) is 18.3 Å². The Morgan fingerprint density at radius 1 is 1.28 bits per heavy atom. The molecule has 2 aromatic carbocycles. The number of oxazole rings is 1. The van der Waals surface area contributed by atoms with Crippen LogP contribution in [-0.4, -0.2) is 10.5 Å². The molecule has 0 radical (unpaired) electrons. The molecule has 0 aliphatic heterocycles. The molecule has 6 heteroatoms. The first-order valence-corrected chi connectivity index (χ1v) is 8.51. The highest BCUT2D eigenvalue weighted by molar-refractivity contribution is 6.31. The summed E-state index contributed by atoms with van der Waals surface area (Å²) in [6.07, 6.45) is 2.32. The van der Waals surface area contributed by atoms with Gasteiger partial charge in [0.05, 0.1) is 10.9 Å². The summed E-state index contributed by atoms with van der Waals surface area (Å²) >= 11 is 6.23. The molecule has 0 spiro atoms. The number of carbonyl (C=O) groups is 1. The number of amides is 1. The third-order valence-corrected chi connectivity index (χ3v) is 5.24. The van der Waals surface area contributed by atoms with Crippen LogP contribution in [0.15, 0.2) is 51.7 Å². The van der Waals surface area contributed by atoms with Gasteiger partial charge in [-0.15, -0.1) is 0 Å². The zero-order valence-electron chi connectivity index (χ0n) is 13.7. The number of anilines is 1. The maximum Gasteiger partial charge on any atom is 0.419 e. The predicted molar refractivity (Wildman–Crippen MR) is 96.9 cm³/mol. The van der Waals surface area contributed by atoms with E-state index in [0.717, 1.165) is 18.4 Å². The van der Waals surface area contributed by atoms with Gasteiger partial charge in [-0.3, -0.25) is 9.36 Å². The first kappa shape index (κ1) is 16.0. The van der Waals surface area contributed by atoms with Gasteiger partial charge in [0.1, 0.15) is 0 Å². The highest BCUT2D eigenvalue weighted by Crippen LogP contribution is 2.50. The van der Waals surface area contributed by atoms with E-state index in [1.807, 2.05) is 24.3 Å². The van der Waals surface area contributed by atoms with Gasteiger partial charge in [0.2, 0.25) is 5.91 Å². The molecule has 0 atom stereocenters. The monoisotopic (exact) mass is 356 g/mol. The average Bonchev–Trinajstić information content (AvgIpc) is 3.33. The number of nitrogens with zero attached hydrogens (tertiary/aromatic N) is 1. The summed E-state index contributed by atoms with van der Waals surface area (Å²) in [7, 11) is 1.64. The van der Waals surface area contributed by atoms with Crippen molar-refractivity contribution in [3.63, 3.8) is 0 Å². The lowest BCUT2D eigenvalue weighted by atomic mass is 9.95. The van der Waals surface area contributed by atoms with E-state index < -0.39 is 11.2 Å². The maximum absolute atomic E-state index is 12.8. The van der Waals surface area contributed by atoms with E-state index in [-0.39, 0.29) is 5.91 Å². The highest BCUT2D eigenvalue weighted by atomic mass is 35.5. The first-order valence-electron chi connectivity index (χ1n) is 8.13. The quantitative estimate of drug-likeness (QED) is 0.774. The lowest BCUT2D eigenvalue weighted by molar-refractivity contribution is -0.121. The van der Waals surface area contributed by atoms with Crippen LogP contribution >= 0.6 is 11.6 Å². The zero-order chi connectivity index (χ0) is 17.6. The summed E-state index contributed by atoms with van der Waals surface area (Å²) in [5, 5.41) is 3.67. The molecule has 4 rings (SSSR count). The summed E-state index contributed by atoms with van der Waals surface area (Å²) in [5.74, 6) is -0.434. The molecule has 1 N–H and O–H groups in total. The summed E-state index contributed by atoms with van der Waals surface area (Å²) in [5.41, 5.74) is 2.40. The van der Waals surface area contributed by atoms with Crippen LogP contribution in [0.2, 0.25) is 5.02 Å². The van der Waals surface area contributed by atoms with E-state index in [2.05, 4.69) is 5.32 Å². The van der Waals surface area contributed by atoms with Crippen LogP contribution in [0.1, 0.15) is 18.4 Å². The Hall–Kier alpha value is -2.53. The number of carbonyl (C=O) groups excluding carboxylic acids is 1. The van der Waals surface area contributed by atoms with E-state index >= 15 is 0 Å². The molecule has 0 bridgehead atoms. The topological polar surface area (TPSA) is 64.2 Å². The van der Waals surface area contributed by atoms with Gasteiger partial charge in [0.15, 0.2) is 5.58 Å². The molecule has 1 heterocycles. The van der Waals surface area contributed by atoms with Gasteiger partial charge in [-0.05, 0) is 49.1 Å². The number of halogens is 1. The summed E-state index contributed by atoms with van der Waals surface area (Å²) < 4.78 is 6.53. The number of aromatic nitrogens is 1. The SMILES string of the molecule is Cn1c(=O)oc2ccc(NC(=O)C3(Cc4ccccc4Cl)CC3)cc21. The lowest BCUT2D eigenvalue weighted by Gasteiger charge is -2.16. The first-order chi connectivity index (χ1) is 12.0. The fourth-order valence-corrected chi connectivity index (χ4v) is 3.31. The second-order valence-electron chi connectivity index (χ2n) is 6.61. The van der Waals surface area contributed by atoms with Crippen LogP contribution in [0.3, 0.4) is 0 Å². The molecule has 25 heavy (non-hydrogen) atoms. The smallest absolute Gasteiger partial charge is 0.408 e. The Balaban J connectivity index is 1.56. The number of nitrogens with one attached hydrogen (secondary N) is 1. The van der Waals surface area contributed by atoms with Gasteiger partial charge in [0.25, 0.3) is 0 Å². The number of rotatable bonds is 4. The lowest BCUT2D eigenvalue weighted by Crippen LogP contribution is -2.26. The third kappa shape index (κ3) is 2.85. The molecule has 0 unspecified atom stereocenters. The van der Waals surface area contributed by atoms with Crippen molar-refractivity contribution in [1.29, 1.82) is 0 Å². The van der Waals surface area contributed by atoms with Crippen molar-refractivity contribution in [2.75, 3.05) is 5.32 Å². The minimum Gasteiger partial charge on any atom is -0.408 e. The molecule has 1 fully saturated rings. The van der Waals surface area contributed by atoms with Gasteiger partial charge in [-0.25, -0.2) is 4.79 Å². The van der Waals surface area contributed by atoms with E-state index in [1.165, 1.54) is 4.57 Å². The van der Waals surface area contributed by atoms with Crippen molar-refractivity contribution >= 4 is 34.3 Å². The Kier molecular flexibility index (Phi) is 3.69. The van der Waals surface area contributed by atoms with Gasteiger partial charge in [-0.1, -0.05) is 29.8 Å². The third-order valence-electron chi connectivity index (χ3n) is 4.87. The summed E-state index contributed by atoms with van der Waals surface area (Å²) in [6.45, 7) is 0. The molecule has 128 valence electrons. The zero-order valence-corrected chi connectivity index (χ0v) is 14.5. The maximum atomic E-state index is 12.8. The van der Waals surface area contributed by atoms with Crippen LogP contribution in [0, 0.1) is 5.41 Å². The van der Waals surface area contributed by atoms with Gasteiger partial charge in [0, 0.05) is 17.8 Å². The van der Waals surface area contributed by atoms with E-state index in [4.69, 9.17) is 16.0 Å². The largest absolute Gasteiger partial charge is 0.419 e. The van der Waals surface area contributed by atoms with Crippen molar-refractivity contribution in [1.82, 2.24) is 4.57 Å². The number of benzene rings is 2. The minimum atomic E-state index is -0.421. The average molecular weight is 357 g/mol. The molecule has 1 amide bonds. The highest BCUT2D eigenvalue weighted by Gasteiger charge is 2.49. The Morgan fingerprint density at radius 3 is 2.76 bits per heavy atom. The van der Waals surface area contributed by atoms with Crippen LogP contribution in [0.25, 0.3) is 11.1 Å². The van der Waals surface area contributed by atoms with Crippen molar-refractivity contribution in [2.24, 2.45) is 12.5 Å². The van der Waals surface area contributed by atoms with E-state index in [1.54, 1.807) is 25.2 Å². The van der Waals surface area contributed by atoms with Gasteiger partial charge < -0.3 is 9.73 Å². The number of hydrogen-bond donors (Lipinski definition) is 1. The second-order valence-corrected chi connectivity index (χ2v) is 7.02. The molecule has 1 aliphatic carbocycles. The Morgan fingerprint density at radius 2 is 2.04 bits per heavy atom. The van der Waals surface area contributed by atoms with Crippen molar-refractivity contribution in [2.45, 2.75) is 19.3 Å². The van der Waals surface area contributed by atoms with Crippen molar-refractivity contribution in [3.05, 3.63) is 63.6 Å². The van der Waals surface area contributed by atoms with Crippen LogP contribution < -0.4 is 11.1 Å². The Labute approximate surface area is 149 Å². The van der Waals surface area contributed by atoms with E-state index in [0.29, 0.717) is 28.2 Å². The normalized spacial score (nSPS) is 15.3. The molecule has 5 nitrogen and oxygen atoms in total. The fourth-order valence-electron chi connectivity index (χ4n) is 3.11. The molecule has 1 saturated carbocycles. The fraction of sp³-hybridized carbons (Fsp3) is 0.263. The van der Waals surface area contributed by atoms with Gasteiger partial charge >= 0.3 is 5.76 Å². The van der Waals surface area contributed by atoms with Gasteiger partial charge in [-0.2, -0.15) is 0 Å². The molecule has 0 saturated heterocycles. The Bertz CT molecular complexity index is 1030. The van der Waals surface area contributed by atoms with Crippen molar-refractivity contribution < 1.29 is 9.21 Å². The number of aryl methyl sites for hydroxylation is 1. The summed E-state index contributed by atoms with van der Waals surface area (Å²) in [4.78, 5) is 24.4. The van der Waals surface area contributed by atoms with Crippen LogP contribution in [0.5, 0.6) is 0 Å². The molecule has 1 aliphatic rings. The minimum absolute atomic E-state index is 0.0136. The predicted octanol–water partition coefficient (Wildman–Crippen LogP) is 3.75. The molecule has 1 aromatic heterocycles. The standard InChI is InChI=1S/C19H17ClN2O3/c1-22-15-10-13(6-7-16(15)25-18(22)24)21-17(23)19(8-9-19)11-12-4-2-3-5-14(12)20/h2-7,10H,8-9,11H2,1H3,(H,21,23). The van der Waals surface area contributed by atoms with E-state index in [9.17, 15) is 9.59 Å². The summed E-state index contributed by atoms with van der Waals surface area (Å²) in [6, 6.07) is 12.8.